The number of para-hydroxylation sites is 1. The zero-order valence-electron chi connectivity index (χ0n) is 12.2. The zero-order valence-corrected chi connectivity index (χ0v) is 12.2. The summed E-state index contributed by atoms with van der Waals surface area (Å²) in [6.45, 7) is 6.41. The van der Waals surface area contributed by atoms with Crippen molar-refractivity contribution in [3.63, 3.8) is 0 Å². The van der Waals surface area contributed by atoms with Gasteiger partial charge in [-0.3, -0.25) is 9.69 Å². The van der Waals surface area contributed by atoms with Crippen LogP contribution in [0.5, 0.6) is 0 Å². The summed E-state index contributed by atoms with van der Waals surface area (Å²) in [7, 11) is 0. The minimum absolute atomic E-state index is 0.0262. The molecule has 0 bridgehead atoms. The normalized spacial score (nSPS) is 19.3. The molecule has 0 amide bonds. The highest BCUT2D eigenvalue weighted by atomic mass is 16.1. The largest absolute Gasteiger partial charge is 0.360 e. The van der Waals surface area contributed by atoms with Gasteiger partial charge in [0, 0.05) is 22.7 Å². The van der Waals surface area contributed by atoms with Gasteiger partial charge in [-0.15, -0.1) is 0 Å². The van der Waals surface area contributed by atoms with Crippen molar-refractivity contribution in [2.75, 3.05) is 13.1 Å². The van der Waals surface area contributed by atoms with Crippen LogP contribution in [-0.2, 0) is 0 Å². The second kappa shape index (κ2) is 5.41. The van der Waals surface area contributed by atoms with E-state index in [1.165, 1.54) is 12.8 Å². The maximum Gasteiger partial charge on any atom is 0.181 e. The third-order valence-corrected chi connectivity index (χ3v) is 4.60. The monoisotopic (exact) mass is 270 g/mol. The number of Topliss-reactive ketones (excluding diaryl/α,β-unsaturated/α-hetero) is 1. The molecule has 3 heteroatoms. The third kappa shape index (κ3) is 2.38. The number of hydrogen-bond acceptors (Lipinski definition) is 2. The highest BCUT2D eigenvalue weighted by Crippen LogP contribution is 2.23. The van der Waals surface area contributed by atoms with E-state index in [1.807, 2.05) is 37.4 Å². The molecular formula is C17H22N2O. The Morgan fingerprint density at radius 2 is 2.00 bits per heavy atom. The van der Waals surface area contributed by atoms with Crippen LogP contribution < -0.4 is 0 Å². The molecule has 2 aromatic rings. The molecule has 20 heavy (non-hydrogen) atoms. The Labute approximate surface area is 120 Å². The van der Waals surface area contributed by atoms with Gasteiger partial charge < -0.3 is 4.98 Å². The molecule has 3 rings (SSSR count). The number of likely N-dealkylation sites (tertiary alicyclic amines) is 1. The van der Waals surface area contributed by atoms with Gasteiger partial charge in [-0.05, 0) is 44.8 Å². The van der Waals surface area contributed by atoms with Crippen LogP contribution in [0.25, 0.3) is 10.9 Å². The molecule has 0 aliphatic carbocycles. The van der Waals surface area contributed by atoms with Crippen LogP contribution in [0.1, 0.15) is 37.0 Å². The molecule has 1 aliphatic heterocycles. The summed E-state index contributed by atoms with van der Waals surface area (Å²) in [6.07, 6.45) is 4.26. The summed E-state index contributed by atoms with van der Waals surface area (Å²) in [4.78, 5) is 18.3. The summed E-state index contributed by atoms with van der Waals surface area (Å²) < 4.78 is 0. The molecule has 106 valence electrons. The number of fused-ring (bicyclic) bond motifs is 1. The number of rotatable bonds is 3. The Kier molecular flexibility index (Phi) is 3.62. The molecule has 0 radical (unpaired) electrons. The Hall–Kier alpha value is -1.61. The number of benzene rings is 1. The number of ketones is 1. The van der Waals surface area contributed by atoms with E-state index in [9.17, 15) is 4.79 Å². The van der Waals surface area contributed by atoms with Crippen LogP contribution in [0.3, 0.4) is 0 Å². The molecule has 0 spiro atoms. The van der Waals surface area contributed by atoms with E-state index in [0.29, 0.717) is 0 Å². The van der Waals surface area contributed by atoms with Gasteiger partial charge in [0.1, 0.15) is 0 Å². The van der Waals surface area contributed by atoms with Crippen molar-refractivity contribution in [2.45, 2.75) is 32.7 Å². The van der Waals surface area contributed by atoms with Crippen LogP contribution in [0, 0.1) is 5.92 Å². The standard InChI is InChI=1S/C17H22N2O/c1-12-7-9-19(10-8-12)13(2)17(20)15-11-18-16-6-4-3-5-14(15)16/h3-6,11-13,18H,7-10H2,1-2H3/t13-/m0/s1. The Bertz CT molecular complexity index is 608. The molecule has 1 atom stereocenters. The highest BCUT2D eigenvalue weighted by molar-refractivity contribution is 6.10. The minimum atomic E-state index is -0.0262. The molecule has 0 unspecified atom stereocenters. The second-order valence-corrected chi connectivity index (χ2v) is 6.01. The van der Waals surface area contributed by atoms with Crippen LogP contribution >= 0.6 is 0 Å². The first kappa shape index (κ1) is 13.4. The first-order chi connectivity index (χ1) is 9.66. The average Bonchev–Trinajstić information content (AvgIpc) is 2.90. The number of piperidine rings is 1. The fraction of sp³-hybridized carbons (Fsp3) is 0.471. The lowest BCUT2D eigenvalue weighted by atomic mass is 9.96. The predicted octanol–water partition coefficient (Wildman–Crippen LogP) is 3.47. The Morgan fingerprint density at radius 1 is 1.30 bits per heavy atom. The summed E-state index contributed by atoms with van der Waals surface area (Å²) >= 11 is 0. The van der Waals surface area contributed by atoms with Crippen molar-refractivity contribution < 1.29 is 4.79 Å². The minimum Gasteiger partial charge on any atom is -0.360 e. The second-order valence-electron chi connectivity index (χ2n) is 6.01. The van der Waals surface area contributed by atoms with E-state index in [1.54, 1.807) is 0 Å². The third-order valence-electron chi connectivity index (χ3n) is 4.60. The Balaban J connectivity index is 1.81. The average molecular weight is 270 g/mol. The zero-order chi connectivity index (χ0) is 14.1. The van der Waals surface area contributed by atoms with Gasteiger partial charge >= 0.3 is 0 Å². The summed E-state index contributed by atoms with van der Waals surface area (Å²) in [5, 5.41) is 1.04. The highest BCUT2D eigenvalue weighted by Gasteiger charge is 2.27. The van der Waals surface area contributed by atoms with Gasteiger partial charge in [0.25, 0.3) is 0 Å². The maximum absolute atomic E-state index is 12.7. The molecule has 1 N–H and O–H groups in total. The lowest BCUT2D eigenvalue weighted by Crippen LogP contribution is -2.43. The van der Waals surface area contributed by atoms with Gasteiger partial charge in [0.05, 0.1) is 6.04 Å². The molecule has 1 aromatic heterocycles. The molecular weight excluding hydrogens is 248 g/mol. The van der Waals surface area contributed by atoms with E-state index in [0.717, 1.165) is 35.5 Å². The van der Waals surface area contributed by atoms with E-state index in [-0.39, 0.29) is 11.8 Å². The quantitative estimate of drug-likeness (QED) is 0.867. The van der Waals surface area contributed by atoms with Crippen LogP contribution in [-0.4, -0.2) is 34.8 Å². The molecule has 2 heterocycles. The van der Waals surface area contributed by atoms with Gasteiger partial charge in [0.2, 0.25) is 0 Å². The molecule has 0 saturated carbocycles. The molecule has 1 aromatic carbocycles. The van der Waals surface area contributed by atoms with Gasteiger partial charge in [-0.1, -0.05) is 25.1 Å². The van der Waals surface area contributed by atoms with Crippen molar-refractivity contribution in [1.82, 2.24) is 9.88 Å². The van der Waals surface area contributed by atoms with E-state index in [4.69, 9.17) is 0 Å². The summed E-state index contributed by atoms with van der Waals surface area (Å²) in [5.41, 5.74) is 1.86. The molecule has 1 saturated heterocycles. The van der Waals surface area contributed by atoms with Gasteiger partial charge in [-0.2, -0.15) is 0 Å². The van der Waals surface area contributed by atoms with Crippen LogP contribution in [0.4, 0.5) is 0 Å². The number of aromatic amines is 1. The number of carbonyl (C=O) groups is 1. The van der Waals surface area contributed by atoms with Crippen molar-refractivity contribution in [1.29, 1.82) is 0 Å². The summed E-state index contributed by atoms with van der Waals surface area (Å²) in [6, 6.07) is 7.98. The lowest BCUT2D eigenvalue weighted by molar-refractivity contribution is 0.0780. The first-order valence-corrected chi connectivity index (χ1v) is 7.51. The number of nitrogens with one attached hydrogen (secondary N) is 1. The topological polar surface area (TPSA) is 36.1 Å². The molecule has 1 aliphatic rings. The van der Waals surface area contributed by atoms with Crippen molar-refractivity contribution in [3.8, 4) is 0 Å². The van der Waals surface area contributed by atoms with Crippen molar-refractivity contribution in [2.24, 2.45) is 5.92 Å². The van der Waals surface area contributed by atoms with Crippen molar-refractivity contribution in [3.05, 3.63) is 36.0 Å². The van der Waals surface area contributed by atoms with Gasteiger partial charge in [0.15, 0.2) is 5.78 Å². The maximum atomic E-state index is 12.7. The molecule has 1 fully saturated rings. The number of nitrogens with zero attached hydrogens (tertiary/aromatic N) is 1. The summed E-state index contributed by atoms with van der Waals surface area (Å²) in [5.74, 6) is 1.03. The number of hydrogen-bond donors (Lipinski definition) is 1. The van der Waals surface area contributed by atoms with E-state index in [2.05, 4.69) is 16.8 Å². The van der Waals surface area contributed by atoms with Crippen LogP contribution in [0.15, 0.2) is 30.5 Å². The van der Waals surface area contributed by atoms with Gasteiger partial charge in [-0.25, -0.2) is 0 Å². The van der Waals surface area contributed by atoms with E-state index < -0.39 is 0 Å². The Morgan fingerprint density at radius 3 is 2.75 bits per heavy atom. The number of H-pyrrole nitrogens is 1. The predicted molar refractivity (Wildman–Crippen MR) is 82.1 cm³/mol. The first-order valence-electron chi connectivity index (χ1n) is 7.51. The van der Waals surface area contributed by atoms with Crippen molar-refractivity contribution >= 4 is 16.7 Å². The SMILES string of the molecule is CC1CCN([C@@H](C)C(=O)c2c[nH]c3ccccc23)CC1. The number of carbonyl (C=O) groups excluding carboxylic acids is 1. The smallest absolute Gasteiger partial charge is 0.181 e. The fourth-order valence-electron chi connectivity index (χ4n) is 3.08. The fourth-order valence-corrected chi connectivity index (χ4v) is 3.08. The number of aromatic nitrogens is 1. The molecule has 3 nitrogen and oxygen atoms in total. The van der Waals surface area contributed by atoms with E-state index >= 15 is 0 Å². The van der Waals surface area contributed by atoms with Crippen LogP contribution in [0.2, 0.25) is 0 Å². The lowest BCUT2D eigenvalue weighted by Gasteiger charge is -2.34.